The molecule has 0 amide bonds. The molecule has 0 unspecified atom stereocenters. The minimum Gasteiger partial charge on any atom is -0.493 e. The fourth-order valence-electron chi connectivity index (χ4n) is 2.89. The van der Waals surface area contributed by atoms with E-state index in [1.807, 2.05) is 25.1 Å². The molecular weight excluding hydrogens is 296 g/mol. The van der Waals surface area contributed by atoms with Crippen LogP contribution in [0.4, 0.5) is 5.69 Å². The molecule has 22 heavy (non-hydrogen) atoms. The molecule has 4 nitrogen and oxygen atoms in total. The number of thiocarbonyl (C=S) groups is 1. The Kier molecular flexibility index (Phi) is 6.31. The van der Waals surface area contributed by atoms with E-state index in [-0.39, 0.29) is 0 Å². The van der Waals surface area contributed by atoms with Crippen molar-refractivity contribution >= 4 is 23.0 Å². The maximum Gasteiger partial charge on any atom is 0.171 e. The van der Waals surface area contributed by atoms with E-state index in [0.717, 1.165) is 11.4 Å². The summed E-state index contributed by atoms with van der Waals surface area (Å²) in [5.41, 5.74) is 0.904. The molecule has 0 heterocycles. The van der Waals surface area contributed by atoms with Gasteiger partial charge < -0.3 is 20.1 Å². The van der Waals surface area contributed by atoms with Gasteiger partial charge in [0.25, 0.3) is 0 Å². The number of rotatable bonds is 5. The second-order valence-corrected chi connectivity index (χ2v) is 6.17. The molecule has 5 heteroatoms. The molecule has 1 aliphatic rings. The first-order valence-electron chi connectivity index (χ1n) is 8.02. The Morgan fingerprint density at radius 3 is 2.73 bits per heavy atom. The van der Waals surface area contributed by atoms with E-state index in [2.05, 4.69) is 17.6 Å². The zero-order valence-corrected chi connectivity index (χ0v) is 14.5. The van der Waals surface area contributed by atoms with Crippen LogP contribution in [0.5, 0.6) is 11.5 Å². The lowest BCUT2D eigenvalue weighted by atomic mass is 9.86. The molecule has 0 aliphatic heterocycles. The van der Waals surface area contributed by atoms with Crippen molar-refractivity contribution < 1.29 is 9.47 Å². The molecular formula is C17H26N2O2S. The Labute approximate surface area is 138 Å². The number of ether oxygens (including phenoxy) is 2. The monoisotopic (exact) mass is 322 g/mol. The SMILES string of the molecule is CCOc1ccc(NC(=S)N[C@@H]2CCCC[C@@H]2C)cc1OC. The summed E-state index contributed by atoms with van der Waals surface area (Å²) in [6.07, 6.45) is 5.07. The van der Waals surface area contributed by atoms with Gasteiger partial charge >= 0.3 is 0 Å². The summed E-state index contributed by atoms with van der Waals surface area (Å²) < 4.78 is 10.9. The summed E-state index contributed by atoms with van der Waals surface area (Å²) in [6.45, 7) is 4.86. The lowest BCUT2D eigenvalue weighted by Gasteiger charge is -2.30. The third kappa shape index (κ3) is 4.50. The summed E-state index contributed by atoms with van der Waals surface area (Å²) in [5.74, 6) is 2.12. The fraction of sp³-hybridized carbons (Fsp3) is 0.588. The zero-order valence-electron chi connectivity index (χ0n) is 13.6. The lowest BCUT2D eigenvalue weighted by molar-refractivity contribution is 0.309. The molecule has 1 saturated carbocycles. The minimum absolute atomic E-state index is 0.471. The predicted octanol–water partition coefficient (Wildman–Crippen LogP) is 3.96. The quantitative estimate of drug-likeness (QED) is 0.803. The highest BCUT2D eigenvalue weighted by molar-refractivity contribution is 7.80. The average Bonchev–Trinajstić information content (AvgIpc) is 2.51. The zero-order chi connectivity index (χ0) is 15.9. The maximum atomic E-state index is 5.52. The second-order valence-electron chi connectivity index (χ2n) is 5.77. The highest BCUT2D eigenvalue weighted by Crippen LogP contribution is 2.30. The van der Waals surface area contributed by atoms with Crippen molar-refractivity contribution in [2.24, 2.45) is 5.92 Å². The molecule has 1 fully saturated rings. The van der Waals surface area contributed by atoms with Crippen LogP contribution < -0.4 is 20.1 Å². The molecule has 0 aromatic heterocycles. The van der Waals surface area contributed by atoms with Gasteiger partial charge in [-0.1, -0.05) is 19.8 Å². The summed E-state index contributed by atoms with van der Waals surface area (Å²) in [6, 6.07) is 6.23. The topological polar surface area (TPSA) is 42.5 Å². The largest absolute Gasteiger partial charge is 0.493 e. The third-order valence-electron chi connectivity index (χ3n) is 4.15. The van der Waals surface area contributed by atoms with Gasteiger partial charge in [-0.15, -0.1) is 0 Å². The highest BCUT2D eigenvalue weighted by Gasteiger charge is 2.21. The van der Waals surface area contributed by atoms with Crippen molar-refractivity contribution in [3.8, 4) is 11.5 Å². The first kappa shape index (κ1) is 16.9. The normalized spacial score (nSPS) is 21.0. The van der Waals surface area contributed by atoms with Crippen LogP contribution >= 0.6 is 12.2 Å². The Morgan fingerprint density at radius 1 is 1.27 bits per heavy atom. The smallest absolute Gasteiger partial charge is 0.171 e. The molecule has 2 atom stereocenters. The van der Waals surface area contributed by atoms with Crippen LogP contribution in [0.1, 0.15) is 39.5 Å². The van der Waals surface area contributed by atoms with Gasteiger partial charge in [-0.25, -0.2) is 0 Å². The van der Waals surface area contributed by atoms with Crippen LogP contribution in [0.15, 0.2) is 18.2 Å². The molecule has 2 N–H and O–H groups in total. The molecule has 2 rings (SSSR count). The minimum atomic E-state index is 0.471. The number of hydrogen-bond donors (Lipinski definition) is 2. The average molecular weight is 322 g/mol. The maximum absolute atomic E-state index is 5.52. The first-order chi connectivity index (χ1) is 10.6. The van der Waals surface area contributed by atoms with E-state index in [9.17, 15) is 0 Å². The van der Waals surface area contributed by atoms with Gasteiger partial charge in [-0.2, -0.15) is 0 Å². The van der Waals surface area contributed by atoms with E-state index in [0.29, 0.717) is 29.4 Å². The molecule has 1 aromatic carbocycles. The van der Waals surface area contributed by atoms with Gasteiger partial charge in [-0.3, -0.25) is 0 Å². The molecule has 0 radical (unpaired) electrons. The summed E-state index contributed by atoms with van der Waals surface area (Å²) >= 11 is 5.44. The molecule has 1 aromatic rings. The fourth-order valence-corrected chi connectivity index (χ4v) is 3.16. The van der Waals surface area contributed by atoms with Crippen molar-refractivity contribution in [3.63, 3.8) is 0 Å². The molecule has 0 spiro atoms. The second kappa shape index (κ2) is 8.22. The van der Waals surface area contributed by atoms with E-state index in [1.165, 1.54) is 25.7 Å². The van der Waals surface area contributed by atoms with Gasteiger partial charge in [0.2, 0.25) is 0 Å². The predicted molar refractivity (Wildman–Crippen MR) is 94.9 cm³/mol. The summed E-state index contributed by atoms with van der Waals surface area (Å²) in [7, 11) is 1.64. The van der Waals surface area contributed by atoms with Gasteiger partial charge in [0.05, 0.1) is 13.7 Å². The summed E-state index contributed by atoms with van der Waals surface area (Å²) in [5, 5.41) is 7.35. The van der Waals surface area contributed by atoms with Gasteiger partial charge in [0.15, 0.2) is 16.6 Å². The number of methoxy groups -OCH3 is 1. The van der Waals surface area contributed by atoms with E-state index in [1.54, 1.807) is 7.11 Å². The first-order valence-corrected chi connectivity index (χ1v) is 8.43. The van der Waals surface area contributed by atoms with E-state index >= 15 is 0 Å². The van der Waals surface area contributed by atoms with Crippen LogP contribution in [0, 0.1) is 5.92 Å². The van der Waals surface area contributed by atoms with Crippen LogP contribution in [0.3, 0.4) is 0 Å². The Hall–Kier alpha value is -1.49. The van der Waals surface area contributed by atoms with Crippen molar-refractivity contribution in [2.75, 3.05) is 19.0 Å². The van der Waals surface area contributed by atoms with Crippen molar-refractivity contribution in [1.82, 2.24) is 5.32 Å². The van der Waals surface area contributed by atoms with Crippen LogP contribution in [-0.2, 0) is 0 Å². The van der Waals surface area contributed by atoms with Gasteiger partial charge in [0.1, 0.15) is 0 Å². The van der Waals surface area contributed by atoms with E-state index < -0.39 is 0 Å². The number of hydrogen-bond acceptors (Lipinski definition) is 3. The Balaban J connectivity index is 1.96. The van der Waals surface area contributed by atoms with Crippen molar-refractivity contribution in [2.45, 2.75) is 45.6 Å². The standard InChI is InChI=1S/C17H26N2O2S/c1-4-21-15-10-9-13(11-16(15)20-3)18-17(22)19-14-8-6-5-7-12(14)2/h9-12,14H,4-8H2,1-3H3,(H2,18,19,22)/t12-,14+/m0/s1. The van der Waals surface area contributed by atoms with Gasteiger partial charge in [-0.05, 0) is 50.0 Å². The van der Waals surface area contributed by atoms with Crippen LogP contribution in [0.2, 0.25) is 0 Å². The summed E-state index contributed by atoms with van der Waals surface area (Å²) in [4.78, 5) is 0. The number of benzene rings is 1. The molecule has 1 aliphatic carbocycles. The molecule has 0 saturated heterocycles. The van der Waals surface area contributed by atoms with Gasteiger partial charge in [0, 0.05) is 17.8 Å². The lowest BCUT2D eigenvalue weighted by Crippen LogP contribution is -2.43. The van der Waals surface area contributed by atoms with E-state index in [4.69, 9.17) is 21.7 Å². The van der Waals surface area contributed by atoms with Crippen molar-refractivity contribution in [1.29, 1.82) is 0 Å². The Bertz CT molecular complexity index is 507. The van der Waals surface area contributed by atoms with Crippen molar-refractivity contribution in [3.05, 3.63) is 18.2 Å². The third-order valence-corrected chi connectivity index (χ3v) is 4.37. The molecule has 0 bridgehead atoms. The number of nitrogens with one attached hydrogen (secondary N) is 2. The van der Waals surface area contributed by atoms with Crippen LogP contribution in [-0.4, -0.2) is 24.9 Å². The van der Waals surface area contributed by atoms with Crippen LogP contribution in [0.25, 0.3) is 0 Å². The highest BCUT2D eigenvalue weighted by atomic mass is 32.1. The molecule has 122 valence electrons. The number of anilines is 1. The Morgan fingerprint density at radius 2 is 2.05 bits per heavy atom.